The molecule has 0 aliphatic carbocycles. The second-order valence-electron chi connectivity index (χ2n) is 3.79. The first-order chi connectivity index (χ1) is 7.83. The van der Waals surface area contributed by atoms with Gasteiger partial charge >= 0.3 is 0 Å². The minimum Gasteiger partial charge on any atom is -0.387 e. The average molecular weight is 223 g/mol. The normalized spacial score (nSPS) is 18.5. The highest BCUT2D eigenvalue weighted by Gasteiger charge is 2.18. The van der Waals surface area contributed by atoms with Crippen LogP contribution in [0, 0.1) is 0 Å². The number of pyridine rings is 1. The number of morpholine rings is 1. The molecule has 0 aromatic carbocycles. The Morgan fingerprint density at radius 2 is 2.25 bits per heavy atom. The molecule has 3 N–H and O–H groups in total. The molecule has 2 rings (SSSR count). The van der Waals surface area contributed by atoms with Crippen LogP contribution in [0.25, 0.3) is 0 Å². The molecule has 1 unspecified atom stereocenters. The van der Waals surface area contributed by atoms with Crippen LogP contribution < -0.4 is 10.6 Å². The zero-order chi connectivity index (χ0) is 11.4. The lowest BCUT2D eigenvalue weighted by Crippen LogP contribution is -2.37. The Bertz CT molecular complexity index is 340. The van der Waals surface area contributed by atoms with E-state index in [0.29, 0.717) is 0 Å². The third-order valence-electron chi connectivity index (χ3n) is 2.76. The van der Waals surface area contributed by atoms with Gasteiger partial charge in [0.15, 0.2) is 0 Å². The third-order valence-corrected chi connectivity index (χ3v) is 2.76. The molecule has 5 heteroatoms. The van der Waals surface area contributed by atoms with Crippen molar-refractivity contribution in [3.05, 3.63) is 24.0 Å². The quantitative estimate of drug-likeness (QED) is 0.749. The van der Waals surface area contributed by atoms with E-state index < -0.39 is 6.10 Å². The minimum atomic E-state index is -0.647. The van der Waals surface area contributed by atoms with Crippen LogP contribution in [0.1, 0.15) is 11.7 Å². The number of nitrogens with two attached hydrogens (primary N) is 1. The molecular weight excluding hydrogens is 206 g/mol. The van der Waals surface area contributed by atoms with Crippen molar-refractivity contribution in [2.75, 3.05) is 37.7 Å². The summed E-state index contributed by atoms with van der Waals surface area (Å²) in [7, 11) is 0. The Balaban J connectivity index is 2.24. The molecule has 16 heavy (non-hydrogen) atoms. The standard InChI is InChI=1S/C11H17N3O2/c12-7-11(15)9-8-13-2-1-10(9)14-3-5-16-6-4-14/h1-2,8,11,15H,3-7,12H2. The molecule has 1 aliphatic rings. The number of aromatic nitrogens is 1. The summed E-state index contributed by atoms with van der Waals surface area (Å²) in [5, 5.41) is 9.82. The molecule has 1 saturated heterocycles. The van der Waals surface area contributed by atoms with Gasteiger partial charge in [-0.15, -0.1) is 0 Å². The molecule has 1 aromatic rings. The molecule has 1 aromatic heterocycles. The van der Waals surface area contributed by atoms with E-state index in [2.05, 4.69) is 9.88 Å². The van der Waals surface area contributed by atoms with Gasteiger partial charge in [-0.2, -0.15) is 0 Å². The summed E-state index contributed by atoms with van der Waals surface area (Å²) in [5.41, 5.74) is 7.29. The van der Waals surface area contributed by atoms with Gasteiger partial charge in [-0.05, 0) is 6.07 Å². The van der Waals surface area contributed by atoms with E-state index >= 15 is 0 Å². The van der Waals surface area contributed by atoms with Crippen molar-refractivity contribution in [3.63, 3.8) is 0 Å². The smallest absolute Gasteiger partial charge is 0.0947 e. The van der Waals surface area contributed by atoms with E-state index in [1.807, 2.05) is 6.07 Å². The van der Waals surface area contributed by atoms with E-state index in [-0.39, 0.29) is 6.54 Å². The summed E-state index contributed by atoms with van der Waals surface area (Å²) in [6.45, 7) is 3.34. The summed E-state index contributed by atoms with van der Waals surface area (Å²) >= 11 is 0. The van der Waals surface area contributed by atoms with Crippen molar-refractivity contribution < 1.29 is 9.84 Å². The first-order valence-corrected chi connectivity index (χ1v) is 5.47. The van der Waals surface area contributed by atoms with Crippen LogP contribution >= 0.6 is 0 Å². The number of ether oxygens (including phenoxy) is 1. The van der Waals surface area contributed by atoms with Gasteiger partial charge in [0.25, 0.3) is 0 Å². The first kappa shape index (κ1) is 11.3. The van der Waals surface area contributed by atoms with Crippen LogP contribution in [-0.2, 0) is 4.74 Å². The third kappa shape index (κ3) is 2.32. The fraction of sp³-hybridized carbons (Fsp3) is 0.545. The molecule has 0 saturated carbocycles. The Morgan fingerprint density at radius 3 is 2.94 bits per heavy atom. The number of hydrogen-bond acceptors (Lipinski definition) is 5. The lowest BCUT2D eigenvalue weighted by atomic mass is 10.1. The fourth-order valence-corrected chi connectivity index (χ4v) is 1.88. The highest BCUT2D eigenvalue weighted by Crippen LogP contribution is 2.25. The maximum Gasteiger partial charge on any atom is 0.0947 e. The van der Waals surface area contributed by atoms with E-state index in [0.717, 1.165) is 37.6 Å². The van der Waals surface area contributed by atoms with Crippen molar-refractivity contribution in [1.29, 1.82) is 0 Å². The van der Waals surface area contributed by atoms with Gasteiger partial charge in [-0.1, -0.05) is 0 Å². The van der Waals surface area contributed by atoms with Gasteiger partial charge in [0.1, 0.15) is 0 Å². The zero-order valence-electron chi connectivity index (χ0n) is 9.17. The second-order valence-corrected chi connectivity index (χ2v) is 3.79. The predicted octanol–water partition coefficient (Wildman–Crippen LogP) is -0.0897. The predicted molar refractivity (Wildman–Crippen MR) is 61.3 cm³/mol. The average Bonchev–Trinajstić information content (AvgIpc) is 2.39. The summed E-state index contributed by atoms with van der Waals surface area (Å²) in [6.07, 6.45) is 2.77. The summed E-state index contributed by atoms with van der Waals surface area (Å²) in [6, 6.07) is 1.92. The number of hydrogen-bond donors (Lipinski definition) is 2. The largest absolute Gasteiger partial charge is 0.387 e. The maximum atomic E-state index is 9.82. The minimum absolute atomic E-state index is 0.211. The number of rotatable bonds is 3. The van der Waals surface area contributed by atoms with Gasteiger partial charge in [0, 0.05) is 43.3 Å². The van der Waals surface area contributed by atoms with E-state index in [1.54, 1.807) is 12.4 Å². The second kappa shape index (κ2) is 5.25. The lowest BCUT2D eigenvalue weighted by Gasteiger charge is -2.31. The van der Waals surface area contributed by atoms with Crippen LogP contribution in [0.2, 0.25) is 0 Å². The van der Waals surface area contributed by atoms with E-state index in [9.17, 15) is 5.11 Å². The first-order valence-electron chi connectivity index (χ1n) is 5.47. The van der Waals surface area contributed by atoms with Crippen molar-refractivity contribution in [2.45, 2.75) is 6.10 Å². The van der Waals surface area contributed by atoms with Crippen molar-refractivity contribution in [1.82, 2.24) is 4.98 Å². The summed E-state index contributed by atoms with van der Waals surface area (Å²) in [4.78, 5) is 6.23. The van der Waals surface area contributed by atoms with Gasteiger partial charge in [0.2, 0.25) is 0 Å². The van der Waals surface area contributed by atoms with Gasteiger partial charge < -0.3 is 20.5 Å². The molecular formula is C11H17N3O2. The lowest BCUT2D eigenvalue weighted by molar-refractivity contribution is 0.122. The summed E-state index contributed by atoms with van der Waals surface area (Å²) < 4.78 is 5.30. The molecule has 88 valence electrons. The highest BCUT2D eigenvalue weighted by atomic mass is 16.5. The molecule has 1 atom stereocenters. The monoisotopic (exact) mass is 223 g/mol. The SMILES string of the molecule is NCC(O)c1cnccc1N1CCOCC1. The topological polar surface area (TPSA) is 71.6 Å². The molecule has 2 heterocycles. The summed E-state index contributed by atoms with van der Waals surface area (Å²) in [5.74, 6) is 0. The maximum absolute atomic E-state index is 9.82. The molecule has 1 fully saturated rings. The molecule has 5 nitrogen and oxygen atoms in total. The zero-order valence-corrected chi connectivity index (χ0v) is 9.17. The van der Waals surface area contributed by atoms with Crippen LogP contribution in [0.4, 0.5) is 5.69 Å². The van der Waals surface area contributed by atoms with Crippen LogP contribution in [0.15, 0.2) is 18.5 Å². The van der Waals surface area contributed by atoms with Crippen molar-refractivity contribution >= 4 is 5.69 Å². The molecule has 0 spiro atoms. The molecule has 0 radical (unpaired) electrons. The molecule has 1 aliphatic heterocycles. The number of aliphatic hydroxyl groups is 1. The van der Waals surface area contributed by atoms with Gasteiger partial charge in [0.05, 0.1) is 19.3 Å². The number of nitrogens with zero attached hydrogens (tertiary/aromatic N) is 2. The van der Waals surface area contributed by atoms with Crippen LogP contribution in [-0.4, -0.2) is 42.9 Å². The van der Waals surface area contributed by atoms with Crippen molar-refractivity contribution in [2.24, 2.45) is 5.73 Å². The van der Waals surface area contributed by atoms with Gasteiger partial charge in [-0.25, -0.2) is 0 Å². The van der Waals surface area contributed by atoms with Crippen LogP contribution in [0.5, 0.6) is 0 Å². The number of anilines is 1. The Morgan fingerprint density at radius 1 is 1.50 bits per heavy atom. The van der Waals surface area contributed by atoms with Crippen molar-refractivity contribution in [3.8, 4) is 0 Å². The highest BCUT2D eigenvalue weighted by molar-refractivity contribution is 5.53. The van der Waals surface area contributed by atoms with Crippen LogP contribution in [0.3, 0.4) is 0 Å². The van der Waals surface area contributed by atoms with Gasteiger partial charge in [-0.3, -0.25) is 4.98 Å². The van der Waals surface area contributed by atoms with E-state index in [1.165, 1.54) is 0 Å². The molecule has 0 bridgehead atoms. The molecule has 0 amide bonds. The Labute approximate surface area is 94.8 Å². The fourth-order valence-electron chi connectivity index (χ4n) is 1.88. The van der Waals surface area contributed by atoms with E-state index in [4.69, 9.17) is 10.5 Å². The Hall–Kier alpha value is -1.17. The number of aliphatic hydroxyl groups excluding tert-OH is 1. The Kier molecular flexibility index (Phi) is 3.71.